The minimum absolute atomic E-state index is 0.0564. The number of rotatable bonds is 9. The number of hydrogen-bond acceptors (Lipinski definition) is 1. The van der Waals surface area contributed by atoms with Crippen molar-refractivity contribution in [2.45, 2.75) is 57.7 Å². The molecule has 24 heavy (non-hydrogen) atoms. The van der Waals surface area contributed by atoms with Crippen LogP contribution in [0, 0.1) is 11.8 Å². The van der Waals surface area contributed by atoms with Gasteiger partial charge in [-0.15, -0.1) is 6.58 Å². The first-order valence-corrected chi connectivity index (χ1v) is 8.86. The Balaban J connectivity index is 1.74. The molecule has 3 heteroatoms. The first kappa shape index (κ1) is 18.9. The van der Waals surface area contributed by atoms with Gasteiger partial charge in [0.05, 0.1) is 6.61 Å². The fourth-order valence-electron chi connectivity index (χ4n) is 3.41. The predicted molar refractivity (Wildman–Crippen MR) is 95.8 cm³/mol. The molecule has 0 unspecified atom stereocenters. The quantitative estimate of drug-likeness (QED) is 0.462. The van der Waals surface area contributed by atoms with Crippen LogP contribution in [0.15, 0.2) is 43.5 Å². The Kier molecular flexibility index (Phi) is 7.16. The van der Waals surface area contributed by atoms with Gasteiger partial charge < -0.3 is 4.74 Å². The van der Waals surface area contributed by atoms with Gasteiger partial charge in [0.15, 0.2) is 0 Å². The average Bonchev–Trinajstić information content (AvgIpc) is 2.59. The number of ether oxygens (including phenoxy) is 1. The number of alkyl halides is 2. The van der Waals surface area contributed by atoms with Gasteiger partial charge in [0.25, 0.3) is 0 Å². The highest BCUT2D eigenvalue weighted by molar-refractivity contribution is 5.47. The highest BCUT2D eigenvalue weighted by Gasteiger charge is 2.35. The normalized spacial score (nSPS) is 21.4. The van der Waals surface area contributed by atoms with Crippen LogP contribution in [0.1, 0.15) is 56.1 Å². The minimum atomic E-state index is -3.05. The molecule has 1 aromatic rings. The topological polar surface area (TPSA) is 9.23 Å². The zero-order valence-electron chi connectivity index (χ0n) is 14.4. The van der Waals surface area contributed by atoms with E-state index in [1.807, 2.05) is 18.2 Å². The molecule has 2 rings (SSSR count). The molecule has 1 fully saturated rings. The lowest BCUT2D eigenvalue weighted by Gasteiger charge is -2.30. The molecule has 0 spiro atoms. The zero-order valence-corrected chi connectivity index (χ0v) is 14.4. The van der Waals surface area contributed by atoms with Gasteiger partial charge in [-0.2, -0.15) is 8.78 Å². The molecule has 1 nitrogen and oxygen atoms in total. The number of benzene rings is 1. The van der Waals surface area contributed by atoms with Crippen molar-refractivity contribution < 1.29 is 13.5 Å². The Bertz CT molecular complexity index is 513. The number of hydrogen-bond donors (Lipinski definition) is 0. The molecule has 1 aliphatic rings. The van der Waals surface area contributed by atoms with Crippen LogP contribution in [-0.2, 0) is 11.3 Å². The highest BCUT2D eigenvalue weighted by atomic mass is 19.3. The lowest BCUT2D eigenvalue weighted by atomic mass is 9.78. The second-order valence-electron chi connectivity index (χ2n) is 6.83. The third kappa shape index (κ3) is 6.20. The van der Waals surface area contributed by atoms with Crippen LogP contribution in [0.4, 0.5) is 8.78 Å². The summed E-state index contributed by atoms with van der Waals surface area (Å²) in [5.74, 6) is 0.750. The van der Waals surface area contributed by atoms with Crippen molar-refractivity contribution in [1.82, 2.24) is 0 Å². The molecule has 0 bridgehead atoms. The van der Waals surface area contributed by atoms with Gasteiger partial charge in [0, 0.05) is 6.42 Å². The van der Waals surface area contributed by atoms with E-state index in [1.54, 1.807) is 18.2 Å². The molecular weight excluding hydrogens is 306 g/mol. The SMILES string of the molecule is C=CCC[C@H]1CC[C@H](CC(F)(F)OCc2ccc(C=C)cc2)CC1. The molecule has 0 saturated heterocycles. The van der Waals surface area contributed by atoms with Crippen LogP contribution in [0.3, 0.4) is 0 Å². The zero-order chi connectivity index (χ0) is 17.4. The van der Waals surface area contributed by atoms with E-state index < -0.39 is 6.11 Å². The van der Waals surface area contributed by atoms with Crippen molar-refractivity contribution in [2.75, 3.05) is 0 Å². The Hall–Kier alpha value is -1.48. The Labute approximate surface area is 144 Å². The van der Waals surface area contributed by atoms with E-state index in [1.165, 1.54) is 0 Å². The molecule has 1 saturated carbocycles. The summed E-state index contributed by atoms with van der Waals surface area (Å²) >= 11 is 0. The van der Waals surface area contributed by atoms with E-state index in [0.717, 1.165) is 49.7 Å². The van der Waals surface area contributed by atoms with E-state index in [9.17, 15) is 8.78 Å². The maximum atomic E-state index is 14.1. The van der Waals surface area contributed by atoms with Crippen LogP contribution in [-0.4, -0.2) is 6.11 Å². The molecule has 0 heterocycles. The Morgan fingerprint density at radius 2 is 1.67 bits per heavy atom. The van der Waals surface area contributed by atoms with Crippen molar-refractivity contribution in [3.8, 4) is 0 Å². The number of halogens is 2. The summed E-state index contributed by atoms with van der Waals surface area (Å²) in [4.78, 5) is 0. The van der Waals surface area contributed by atoms with E-state index >= 15 is 0 Å². The van der Waals surface area contributed by atoms with Crippen molar-refractivity contribution >= 4 is 6.08 Å². The average molecular weight is 334 g/mol. The van der Waals surface area contributed by atoms with Crippen LogP contribution < -0.4 is 0 Å². The second kappa shape index (κ2) is 9.12. The van der Waals surface area contributed by atoms with Crippen molar-refractivity contribution in [2.24, 2.45) is 11.8 Å². The summed E-state index contributed by atoms with van der Waals surface area (Å²) in [5, 5.41) is 0. The summed E-state index contributed by atoms with van der Waals surface area (Å²) < 4.78 is 33.1. The summed E-state index contributed by atoms with van der Waals surface area (Å²) in [7, 11) is 0. The van der Waals surface area contributed by atoms with Crippen molar-refractivity contribution in [3.63, 3.8) is 0 Å². The Morgan fingerprint density at radius 3 is 2.25 bits per heavy atom. The third-order valence-electron chi connectivity index (χ3n) is 4.94. The molecular formula is C21H28F2O. The molecule has 0 aliphatic heterocycles. The molecule has 0 radical (unpaired) electrons. The standard InChI is InChI=1S/C21H28F2O/c1-3-5-6-18-9-11-19(12-10-18)15-21(22,23)24-16-20-13-7-17(4-2)8-14-20/h3-4,7-8,13-14,18-19H,1-2,5-6,9-12,15-16H2/t18-,19-. The highest BCUT2D eigenvalue weighted by Crippen LogP contribution is 2.38. The van der Waals surface area contributed by atoms with E-state index in [-0.39, 0.29) is 18.9 Å². The third-order valence-corrected chi connectivity index (χ3v) is 4.94. The monoisotopic (exact) mass is 334 g/mol. The lowest BCUT2D eigenvalue weighted by Crippen LogP contribution is -2.27. The largest absolute Gasteiger partial charge is 0.356 e. The minimum Gasteiger partial charge on any atom is -0.316 e. The van der Waals surface area contributed by atoms with E-state index in [4.69, 9.17) is 4.74 Å². The fraction of sp³-hybridized carbons (Fsp3) is 0.524. The predicted octanol–water partition coefficient (Wildman–Crippen LogP) is 6.60. The Morgan fingerprint density at radius 1 is 1.04 bits per heavy atom. The maximum absolute atomic E-state index is 14.1. The molecule has 132 valence electrons. The molecule has 1 aliphatic carbocycles. The van der Waals surface area contributed by atoms with Gasteiger partial charge >= 0.3 is 6.11 Å². The van der Waals surface area contributed by atoms with Crippen LogP contribution in [0.5, 0.6) is 0 Å². The maximum Gasteiger partial charge on any atom is 0.356 e. The lowest BCUT2D eigenvalue weighted by molar-refractivity contribution is -0.256. The first-order valence-electron chi connectivity index (χ1n) is 8.86. The first-order chi connectivity index (χ1) is 11.5. The molecule has 0 aromatic heterocycles. The van der Waals surface area contributed by atoms with E-state index in [0.29, 0.717) is 5.92 Å². The molecule has 1 aromatic carbocycles. The van der Waals surface area contributed by atoms with E-state index in [2.05, 4.69) is 13.2 Å². The number of allylic oxidation sites excluding steroid dienone is 1. The van der Waals surface area contributed by atoms with Gasteiger partial charge in [-0.25, -0.2) is 0 Å². The van der Waals surface area contributed by atoms with Gasteiger partial charge in [-0.1, -0.05) is 55.8 Å². The molecule has 0 N–H and O–H groups in total. The van der Waals surface area contributed by atoms with Crippen LogP contribution in [0.25, 0.3) is 6.08 Å². The smallest absolute Gasteiger partial charge is 0.316 e. The van der Waals surface area contributed by atoms with Crippen molar-refractivity contribution in [1.29, 1.82) is 0 Å². The van der Waals surface area contributed by atoms with Gasteiger partial charge in [-0.3, -0.25) is 0 Å². The van der Waals surface area contributed by atoms with Crippen LogP contribution >= 0.6 is 0 Å². The van der Waals surface area contributed by atoms with Crippen LogP contribution in [0.2, 0.25) is 0 Å². The summed E-state index contributed by atoms with van der Waals surface area (Å²) in [6.07, 6.45) is 6.50. The fourth-order valence-corrected chi connectivity index (χ4v) is 3.41. The second-order valence-corrected chi connectivity index (χ2v) is 6.83. The summed E-state index contributed by atoms with van der Waals surface area (Å²) in [6.45, 7) is 7.36. The summed E-state index contributed by atoms with van der Waals surface area (Å²) in [5.41, 5.74) is 1.73. The molecule has 0 amide bonds. The van der Waals surface area contributed by atoms with Gasteiger partial charge in [0.1, 0.15) is 0 Å². The van der Waals surface area contributed by atoms with Gasteiger partial charge in [-0.05, 0) is 48.6 Å². The molecule has 0 atom stereocenters. The summed E-state index contributed by atoms with van der Waals surface area (Å²) in [6, 6.07) is 7.32. The van der Waals surface area contributed by atoms with Gasteiger partial charge in [0.2, 0.25) is 0 Å². The van der Waals surface area contributed by atoms with Crippen molar-refractivity contribution in [3.05, 3.63) is 54.6 Å².